The number of pyridine rings is 1. The number of amidine groups is 1. The molecule has 0 atom stereocenters. The van der Waals surface area contributed by atoms with Crippen molar-refractivity contribution in [3.63, 3.8) is 0 Å². The molecule has 24 nitrogen and oxygen atoms in total. The number of fused-ring (bicyclic) bond motifs is 1. The van der Waals surface area contributed by atoms with Crippen molar-refractivity contribution in [3.8, 4) is 0 Å². The van der Waals surface area contributed by atoms with Gasteiger partial charge in [-0.15, -0.1) is 0 Å². The average molecular weight is 1000 g/mol. The van der Waals surface area contributed by atoms with Crippen molar-refractivity contribution in [3.05, 3.63) is 35.6 Å². The van der Waals surface area contributed by atoms with Crippen molar-refractivity contribution >= 4 is 51.3 Å². The highest BCUT2D eigenvalue weighted by Crippen LogP contribution is 2.29. The van der Waals surface area contributed by atoms with Crippen LogP contribution in [0.25, 0.3) is 6.08 Å². The Kier molecular flexibility index (Phi) is 30.5. The van der Waals surface area contributed by atoms with Gasteiger partial charge >= 0.3 is 0 Å². The van der Waals surface area contributed by atoms with Crippen LogP contribution in [0.1, 0.15) is 32.3 Å². The minimum atomic E-state index is -3.97. The molecule has 25 heteroatoms. The van der Waals surface area contributed by atoms with Gasteiger partial charge in [0.1, 0.15) is 12.4 Å². The van der Waals surface area contributed by atoms with Crippen LogP contribution in [0.5, 0.6) is 0 Å². The smallest absolute Gasteiger partial charge is 0.273 e. The summed E-state index contributed by atoms with van der Waals surface area (Å²) in [6, 6.07) is 1.34. The van der Waals surface area contributed by atoms with Crippen molar-refractivity contribution in [1.82, 2.24) is 24.6 Å². The lowest BCUT2D eigenvalue weighted by atomic mass is 10.1. The number of likely N-dealkylation sites (N-methyl/N-ethyl adjacent to an activating group) is 1. The van der Waals surface area contributed by atoms with Crippen LogP contribution in [0.4, 0.5) is 5.69 Å². The molecule has 0 aliphatic carbocycles. The normalized spacial score (nSPS) is 13.8. The third kappa shape index (κ3) is 24.4. The number of carbonyl (C=O) groups excluding carboxylic acids is 4. The van der Waals surface area contributed by atoms with Crippen LogP contribution in [-0.4, -0.2) is 229 Å². The molecule has 0 saturated heterocycles. The maximum atomic E-state index is 13.3. The lowest BCUT2D eigenvalue weighted by molar-refractivity contribution is -0.180. The molecule has 69 heavy (non-hydrogen) atoms. The van der Waals surface area contributed by atoms with Gasteiger partial charge in [0.2, 0.25) is 5.91 Å². The molecule has 3 heterocycles. The van der Waals surface area contributed by atoms with Crippen LogP contribution >= 0.6 is 0 Å². The molecule has 0 fully saturated rings. The van der Waals surface area contributed by atoms with Gasteiger partial charge in [0.25, 0.3) is 27.7 Å². The zero-order valence-electron chi connectivity index (χ0n) is 40.1. The quantitative estimate of drug-likeness (QED) is 0.0491. The number of hydrogen-bond donors (Lipinski definition) is 2. The second-order valence-corrected chi connectivity index (χ2v) is 16.7. The number of imide groups is 1. The van der Waals surface area contributed by atoms with Crippen LogP contribution in [0.15, 0.2) is 40.0 Å². The van der Waals surface area contributed by atoms with Crippen molar-refractivity contribution in [2.75, 3.05) is 172 Å². The average Bonchev–Trinajstić information content (AvgIpc) is 3.53. The van der Waals surface area contributed by atoms with Crippen LogP contribution in [0.2, 0.25) is 0 Å². The molecule has 2 aliphatic rings. The van der Waals surface area contributed by atoms with Gasteiger partial charge in [-0.25, -0.2) is 23.5 Å². The van der Waals surface area contributed by atoms with E-state index in [1.54, 1.807) is 13.0 Å². The van der Waals surface area contributed by atoms with E-state index in [1.807, 2.05) is 6.92 Å². The largest absolute Gasteiger partial charge is 0.387 e. The molecule has 390 valence electrons. The number of nitrogens with one attached hydrogen (secondary N) is 1. The van der Waals surface area contributed by atoms with E-state index in [9.17, 15) is 27.6 Å². The summed E-state index contributed by atoms with van der Waals surface area (Å²) in [4.78, 5) is 62.8. The highest BCUT2D eigenvalue weighted by molar-refractivity contribution is 7.89. The minimum Gasteiger partial charge on any atom is -0.387 e. The first kappa shape index (κ1) is 59.0. The standard InChI is InChI=1S/C44H71N7O17S/c1-4-9-51(68-5-2)44(55)36-31-37-34-47-41(33-38(37)48-39(45)32-36)69(56,57)49(3)10-12-59-14-16-61-18-20-63-22-24-65-26-28-67-30-29-66-27-25-64-23-21-62-19-17-60-15-13-58-11-8-46-40(52)35-50-42(53)6-7-43(50)54/h6-7,31,33-34H,4-5,8-30,32,35H2,1-3H3,(H2,45,48)(H,46,52). The maximum Gasteiger partial charge on any atom is 0.273 e. The van der Waals surface area contributed by atoms with E-state index in [-0.39, 0.29) is 62.6 Å². The molecule has 0 spiro atoms. The first-order chi connectivity index (χ1) is 33.5. The topological polar surface area (TPSA) is 277 Å². The van der Waals surface area contributed by atoms with Gasteiger partial charge in [0, 0.05) is 68.7 Å². The molecule has 0 unspecified atom stereocenters. The second-order valence-electron chi connectivity index (χ2n) is 14.8. The molecule has 1 aromatic heterocycles. The Hall–Kier alpha value is -4.35. The second kappa shape index (κ2) is 35.7. The first-order valence-corrected chi connectivity index (χ1v) is 24.4. The molecule has 3 N–H and O–H groups in total. The van der Waals surface area contributed by atoms with E-state index in [2.05, 4.69) is 15.3 Å². The number of rotatable bonds is 42. The summed E-state index contributed by atoms with van der Waals surface area (Å²) in [5.41, 5.74) is 7.24. The summed E-state index contributed by atoms with van der Waals surface area (Å²) in [6.45, 7) is 12.0. The molecular formula is C44H71N7O17S. The third-order valence-electron chi connectivity index (χ3n) is 9.41. The lowest BCUT2D eigenvalue weighted by Crippen LogP contribution is -2.41. The Balaban J connectivity index is 1.04. The van der Waals surface area contributed by atoms with Crippen molar-refractivity contribution in [2.24, 2.45) is 10.7 Å². The van der Waals surface area contributed by atoms with Gasteiger partial charge in [-0.1, -0.05) is 6.92 Å². The van der Waals surface area contributed by atoms with Gasteiger partial charge < -0.3 is 58.4 Å². The SMILES string of the molecule is CCCN(OCC)C(=O)C1=Cc2cnc(S(=O)(=O)N(C)CCOCCOCCOCCOCCOCCOCCOCCOCCOCCOCCNC(=O)CN3C(=O)C=CC3=O)cc2N=C(N)C1. The molecule has 2 aliphatic heterocycles. The fraction of sp³-hybridized carbons (Fsp3) is 0.682. The van der Waals surface area contributed by atoms with E-state index in [1.165, 1.54) is 24.4 Å². The highest BCUT2D eigenvalue weighted by atomic mass is 32.2. The molecule has 0 aromatic carbocycles. The first-order valence-electron chi connectivity index (χ1n) is 23.0. The Morgan fingerprint density at radius 2 is 1.14 bits per heavy atom. The number of nitrogens with two attached hydrogens (primary N) is 1. The molecule has 0 bridgehead atoms. The number of hydrogen-bond acceptors (Lipinski definition) is 20. The molecular weight excluding hydrogens is 931 g/mol. The molecule has 0 radical (unpaired) electrons. The third-order valence-corrected chi connectivity index (χ3v) is 11.2. The van der Waals surface area contributed by atoms with Crippen LogP contribution in [0.3, 0.4) is 0 Å². The van der Waals surface area contributed by atoms with E-state index >= 15 is 0 Å². The van der Waals surface area contributed by atoms with Gasteiger partial charge in [-0.05, 0) is 19.4 Å². The predicted molar refractivity (Wildman–Crippen MR) is 249 cm³/mol. The van der Waals surface area contributed by atoms with E-state index < -0.39 is 27.7 Å². The summed E-state index contributed by atoms with van der Waals surface area (Å²) < 4.78 is 82.5. The van der Waals surface area contributed by atoms with Crippen molar-refractivity contribution < 1.29 is 79.8 Å². The summed E-state index contributed by atoms with van der Waals surface area (Å²) in [5.74, 6) is -1.61. The van der Waals surface area contributed by atoms with Crippen LogP contribution in [-0.2, 0) is 81.4 Å². The van der Waals surface area contributed by atoms with Crippen LogP contribution in [0, 0.1) is 0 Å². The fourth-order valence-corrected chi connectivity index (χ4v) is 6.98. The molecule has 1 aromatic rings. The van der Waals surface area contributed by atoms with Gasteiger partial charge in [0.05, 0.1) is 144 Å². The number of hydroxylamine groups is 2. The molecule has 3 rings (SSSR count). The highest BCUT2D eigenvalue weighted by Gasteiger charge is 2.27. The van der Waals surface area contributed by atoms with Crippen molar-refractivity contribution in [1.29, 1.82) is 0 Å². The number of sulfonamides is 1. The number of carbonyl (C=O) groups is 4. The monoisotopic (exact) mass is 1000 g/mol. The zero-order chi connectivity index (χ0) is 50.0. The Morgan fingerprint density at radius 1 is 0.696 bits per heavy atom. The van der Waals surface area contributed by atoms with E-state index in [4.69, 9.17) is 57.9 Å². The minimum absolute atomic E-state index is 0.0792. The molecule has 0 saturated carbocycles. The Labute approximate surface area is 404 Å². The van der Waals surface area contributed by atoms with Crippen LogP contribution < -0.4 is 11.1 Å². The number of ether oxygens (including phenoxy) is 10. The summed E-state index contributed by atoms with van der Waals surface area (Å²) >= 11 is 0. The van der Waals surface area contributed by atoms with Crippen molar-refractivity contribution in [2.45, 2.75) is 31.7 Å². The Morgan fingerprint density at radius 3 is 1.59 bits per heavy atom. The van der Waals surface area contributed by atoms with Gasteiger partial charge in [-0.3, -0.25) is 28.9 Å². The fourth-order valence-electron chi connectivity index (χ4n) is 5.90. The summed E-state index contributed by atoms with van der Waals surface area (Å²) in [7, 11) is -2.54. The summed E-state index contributed by atoms with van der Waals surface area (Å²) in [6.07, 6.45) is 6.02. The number of amides is 4. The van der Waals surface area contributed by atoms with E-state index in [0.717, 1.165) is 21.4 Å². The summed E-state index contributed by atoms with van der Waals surface area (Å²) in [5, 5.41) is 3.68. The predicted octanol–water partition coefficient (Wildman–Crippen LogP) is -0.125. The lowest BCUT2D eigenvalue weighted by Gasteiger charge is -2.21. The number of aliphatic imine (C=N–C) groups is 1. The number of aromatic nitrogens is 1. The number of nitrogens with zero attached hydrogens (tertiary/aromatic N) is 5. The zero-order valence-corrected chi connectivity index (χ0v) is 41.0. The molecule has 4 amide bonds. The van der Waals surface area contributed by atoms with E-state index in [0.29, 0.717) is 149 Å². The van der Waals surface area contributed by atoms with Gasteiger partial charge in [-0.2, -0.15) is 4.31 Å². The van der Waals surface area contributed by atoms with Gasteiger partial charge in [0.15, 0.2) is 5.03 Å². The Bertz CT molecular complexity index is 1860. The maximum absolute atomic E-state index is 13.3.